The molecule has 0 aliphatic rings. The normalized spacial score (nSPS) is 12.8. The molecule has 1 unspecified atom stereocenters. The monoisotopic (exact) mass is 297 g/mol. The number of aromatic nitrogens is 2. The quantitative estimate of drug-likeness (QED) is 0.833. The van der Waals surface area contributed by atoms with E-state index in [-0.39, 0.29) is 6.04 Å². The largest absolute Gasteiger partial charge is 0.383 e. The molecule has 0 aliphatic heterocycles. The van der Waals surface area contributed by atoms with E-state index in [4.69, 9.17) is 4.74 Å². The molecule has 2 aromatic heterocycles. The van der Waals surface area contributed by atoms with Crippen LogP contribution in [0.1, 0.15) is 32.3 Å². The zero-order valence-corrected chi connectivity index (χ0v) is 13.3. The third-order valence-corrected chi connectivity index (χ3v) is 5.00. The average Bonchev–Trinajstić information content (AvgIpc) is 2.93. The number of nitrogens with one attached hydrogen (secondary N) is 1. The third kappa shape index (κ3) is 3.60. The SMILES string of the molecule is COCCNC(c1nc(C)cs1)c1nc(C)c(C)s1. The fourth-order valence-electron chi connectivity index (χ4n) is 1.71. The van der Waals surface area contributed by atoms with E-state index < -0.39 is 0 Å². The average molecular weight is 297 g/mol. The van der Waals surface area contributed by atoms with Gasteiger partial charge in [-0.1, -0.05) is 0 Å². The molecule has 2 aromatic rings. The maximum Gasteiger partial charge on any atom is 0.117 e. The van der Waals surface area contributed by atoms with E-state index in [1.807, 2.05) is 6.92 Å². The predicted octanol–water partition coefficient (Wildman–Crippen LogP) is 2.85. The molecule has 1 atom stereocenters. The molecular weight excluding hydrogens is 278 g/mol. The Bertz CT molecular complexity index is 516. The highest BCUT2D eigenvalue weighted by Gasteiger charge is 2.21. The van der Waals surface area contributed by atoms with Crippen molar-refractivity contribution in [3.05, 3.63) is 31.7 Å². The Morgan fingerprint density at radius 3 is 2.58 bits per heavy atom. The Hall–Kier alpha value is -0.820. The van der Waals surface area contributed by atoms with Crippen LogP contribution in [0.25, 0.3) is 0 Å². The first kappa shape index (κ1) is 14.6. The summed E-state index contributed by atoms with van der Waals surface area (Å²) in [5.74, 6) is 0. The van der Waals surface area contributed by atoms with Crippen molar-refractivity contribution in [1.82, 2.24) is 15.3 Å². The second kappa shape index (κ2) is 6.56. The van der Waals surface area contributed by atoms with Crippen molar-refractivity contribution >= 4 is 22.7 Å². The summed E-state index contributed by atoms with van der Waals surface area (Å²) in [6, 6.07) is 0.0752. The summed E-state index contributed by atoms with van der Waals surface area (Å²) in [5, 5.41) is 7.71. The molecule has 104 valence electrons. The minimum Gasteiger partial charge on any atom is -0.383 e. The Kier molecular flexibility index (Phi) is 5.04. The summed E-state index contributed by atoms with van der Waals surface area (Å²) in [4.78, 5) is 10.5. The number of hydrogen-bond donors (Lipinski definition) is 1. The van der Waals surface area contributed by atoms with Gasteiger partial charge in [-0.2, -0.15) is 0 Å². The first-order valence-electron chi connectivity index (χ1n) is 6.20. The van der Waals surface area contributed by atoms with Crippen LogP contribution in [0.3, 0.4) is 0 Å². The maximum atomic E-state index is 5.10. The van der Waals surface area contributed by atoms with Crippen LogP contribution in [0.2, 0.25) is 0 Å². The van der Waals surface area contributed by atoms with E-state index in [1.165, 1.54) is 4.88 Å². The van der Waals surface area contributed by atoms with Gasteiger partial charge >= 0.3 is 0 Å². The van der Waals surface area contributed by atoms with E-state index >= 15 is 0 Å². The molecule has 0 saturated heterocycles. The molecule has 0 radical (unpaired) electrons. The van der Waals surface area contributed by atoms with Crippen molar-refractivity contribution in [1.29, 1.82) is 0 Å². The molecule has 0 fully saturated rings. The van der Waals surface area contributed by atoms with Gasteiger partial charge in [0.05, 0.1) is 12.3 Å². The highest BCUT2D eigenvalue weighted by molar-refractivity contribution is 7.12. The first-order valence-corrected chi connectivity index (χ1v) is 7.89. The second-order valence-corrected chi connectivity index (χ2v) is 6.53. The number of methoxy groups -OCH3 is 1. The van der Waals surface area contributed by atoms with Gasteiger partial charge in [-0.15, -0.1) is 22.7 Å². The van der Waals surface area contributed by atoms with Gasteiger partial charge in [-0.25, -0.2) is 9.97 Å². The van der Waals surface area contributed by atoms with Crippen LogP contribution < -0.4 is 5.32 Å². The zero-order valence-electron chi connectivity index (χ0n) is 11.7. The van der Waals surface area contributed by atoms with Gasteiger partial charge in [-0.3, -0.25) is 5.32 Å². The second-order valence-electron chi connectivity index (χ2n) is 4.40. The standard InChI is InChI=1S/C13H19N3OS2/c1-8-7-18-12(15-8)11(14-5-6-17-4)13-16-9(2)10(3)19-13/h7,11,14H,5-6H2,1-4H3. The van der Waals surface area contributed by atoms with Crippen LogP contribution in [0.4, 0.5) is 0 Å². The van der Waals surface area contributed by atoms with E-state index in [1.54, 1.807) is 29.8 Å². The van der Waals surface area contributed by atoms with Gasteiger partial charge in [0.25, 0.3) is 0 Å². The lowest BCUT2D eigenvalue weighted by Gasteiger charge is -2.13. The topological polar surface area (TPSA) is 47.0 Å². The van der Waals surface area contributed by atoms with E-state index in [0.29, 0.717) is 6.61 Å². The minimum absolute atomic E-state index is 0.0752. The third-order valence-electron chi connectivity index (χ3n) is 2.83. The van der Waals surface area contributed by atoms with Crippen LogP contribution in [-0.2, 0) is 4.74 Å². The molecule has 4 nitrogen and oxygen atoms in total. The van der Waals surface area contributed by atoms with Crippen molar-refractivity contribution in [3.8, 4) is 0 Å². The molecule has 6 heteroatoms. The molecule has 0 aromatic carbocycles. The number of aryl methyl sites for hydroxylation is 3. The lowest BCUT2D eigenvalue weighted by atomic mass is 10.3. The zero-order chi connectivity index (χ0) is 13.8. The summed E-state index contributed by atoms with van der Waals surface area (Å²) in [6.45, 7) is 7.65. The predicted molar refractivity (Wildman–Crippen MR) is 80.2 cm³/mol. The molecule has 0 spiro atoms. The van der Waals surface area contributed by atoms with E-state index in [9.17, 15) is 0 Å². The van der Waals surface area contributed by atoms with Crippen molar-refractivity contribution in [2.24, 2.45) is 0 Å². The van der Waals surface area contributed by atoms with Gasteiger partial charge in [0.1, 0.15) is 16.1 Å². The fourth-order valence-corrected chi connectivity index (χ4v) is 3.66. The van der Waals surface area contributed by atoms with E-state index in [0.717, 1.165) is 27.9 Å². The number of thiazole rings is 2. The molecule has 2 heterocycles. The minimum atomic E-state index is 0.0752. The summed E-state index contributed by atoms with van der Waals surface area (Å²) in [7, 11) is 1.71. The van der Waals surface area contributed by atoms with Crippen LogP contribution >= 0.6 is 22.7 Å². The highest BCUT2D eigenvalue weighted by atomic mass is 32.1. The van der Waals surface area contributed by atoms with Crippen molar-refractivity contribution in [3.63, 3.8) is 0 Å². The van der Waals surface area contributed by atoms with Gasteiger partial charge < -0.3 is 4.74 Å². The number of rotatable bonds is 6. The van der Waals surface area contributed by atoms with E-state index in [2.05, 4.69) is 34.5 Å². The summed E-state index contributed by atoms with van der Waals surface area (Å²) < 4.78 is 5.10. The summed E-state index contributed by atoms with van der Waals surface area (Å²) in [5.41, 5.74) is 2.16. The van der Waals surface area contributed by atoms with Crippen LogP contribution in [-0.4, -0.2) is 30.2 Å². The number of hydrogen-bond acceptors (Lipinski definition) is 6. The van der Waals surface area contributed by atoms with Crippen LogP contribution in [0.15, 0.2) is 5.38 Å². The highest BCUT2D eigenvalue weighted by Crippen LogP contribution is 2.29. The molecule has 0 saturated carbocycles. The molecule has 19 heavy (non-hydrogen) atoms. The molecular formula is C13H19N3OS2. The Morgan fingerprint density at radius 2 is 2.05 bits per heavy atom. The smallest absolute Gasteiger partial charge is 0.117 e. The number of nitrogens with zero attached hydrogens (tertiary/aromatic N) is 2. The lowest BCUT2D eigenvalue weighted by Crippen LogP contribution is -2.25. The Morgan fingerprint density at radius 1 is 1.26 bits per heavy atom. The molecule has 1 N–H and O–H groups in total. The van der Waals surface area contributed by atoms with Gasteiger partial charge in [0.2, 0.25) is 0 Å². The molecule has 0 amide bonds. The molecule has 0 aliphatic carbocycles. The molecule has 2 rings (SSSR count). The van der Waals surface area contributed by atoms with Gasteiger partial charge in [0.15, 0.2) is 0 Å². The van der Waals surface area contributed by atoms with Crippen molar-refractivity contribution in [2.75, 3.05) is 20.3 Å². The Balaban J connectivity index is 2.23. The van der Waals surface area contributed by atoms with Gasteiger partial charge in [-0.05, 0) is 20.8 Å². The summed E-state index contributed by atoms with van der Waals surface area (Å²) in [6.07, 6.45) is 0. The first-order chi connectivity index (χ1) is 9.11. The van der Waals surface area contributed by atoms with Crippen molar-refractivity contribution in [2.45, 2.75) is 26.8 Å². The Labute approximate surface area is 121 Å². The molecule has 0 bridgehead atoms. The van der Waals surface area contributed by atoms with Crippen LogP contribution in [0, 0.1) is 20.8 Å². The lowest BCUT2D eigenvalue weighted by molar-refractivity contribution is 0.197. The van der Waals surface area contributed by atoms with Gasteiger partial charge in [0, 0.05) is 29.6 Å². The number of ether oxygens (including phenoxy) is 1. The maximum absolute atomic E-state index is 5.10. The fraction of sp³-hybridized carbons (Fsp3) is 0.538. The summed E-state index contributed by atoms with van der Waals surface area (Å²) >= 11 is 3.41. The van der Waals surface area contributed by atoms with Crippen molar-refractivity contribution < 1.29 is 4.74 Å². The van der Waals surface area contributed by atoms with Crippen LogP contribution in [0.5, 0.6) is 0 Å².